The maximum Gasteiger partial charge on any atom is 0.175 e. The minimum Gasteiger partial charge on any atom is -0.358 e. The fourth-order valence-electron chi connectivity index (χ4n) is 3.47. The zero-order valence-corrected chi connectivity index (χ0v) is 18.9. The van der Waals surface area contributed by atoms with E-state index in [4.69, 9.17) is 0 Å². The molecule has 4 rings (SSSR count). The molecule has 1 N–H and O–H groups in total. The van der Waals surface area contributed by atoms with Gasteiger partial charge in [0.25, 0.3) is 0 Å². The largest absolute Gasteiger partial charge is 0.358 e. The number of nitrogens with zero attached hydrogens (tertiary/aromatic N) is 2. The van der Waals surface area contributed by atoms with Gasteiger partial charge in [0.2, 0.25) is 0 Å². The number of rotatable bonds is 5. The van der Waals surface area contributed by atoms with Crippen LogP contribution in [-0.4, -0.2) is 24.6 Å². The summed E-state index contributed by atoms with van der Waals surface area (Å²) < 4.78 is 24.3. The Hall–Kier alpha value is -2.77. The Balaban J connectivity index is 1.88. The van der Waals surface area contributed by atoms with Gasteiger partial charge in [-0.2, -0.15) is 0 Å². The summed E-state index contributed by atoms with van der Waals surface area (Å²) in [4.78, 5) is 10.5. The Labute approximate surface area is 180 Å². The molecule has 0 radical (unpaired) electrons. The lowest BCUT2D eigenvalue weighted by Gasteiger charge is -2.22. The van der Waals surface area contributed by atoms with Crippen molar-refractivity contribution >= 4 is 37.2 Å². The minimum absolute atomic E-state index is 0.260. The van der Waals surface area contributed by atoms with Crippen molar-refractivity contribution in [2.45, 2.75) is 31.7 Å². The molecule has 154 valence electrons. The summed E-state index contributed by atoms with van der Waals surface area (Å²) >= 11 is 1.60. The monoisotopic (exact) mass is 437 g/mol. The Morgan fingerprint density at radius 1 is 0.967 bits per heavy atom. The van der Waals surface area contributed by atoms with E-state index in [1.54, 1.807) is 29.5 Å². The Morgan fingerprint density at radius 3 is 2.40 bits per heavy atom. The summed E-state index contributed by atoms with van der Waals surface area (Å²) in [5.41, 5.74) is 4.17. The summed E-state index contributed by atoms with van der Waals surface area (Å²) in [5, 5.41) is 6.66. The first-order valence-electron chi connectivity index (χ1n) is 9.58. The normalized spacial score (nSPS) is 12.8. The first kappa shape index (κ1) is 20.5. The number of sulfone groups is 1. The van der Waals surface area contributed by atoms with E-state index in [-0.39, 0.29) is 6.04 Å². The highest BCUT2D eigenvalue weighted by Crippen LogP contribution is 2.34. The van der Waals surface area contributed by atoms with Crippen molar-refractivity contribution in [2.24, 2.45) is 0 Å². The van der Waals surface area contributed by atoms with Crippen molar-refractivity contribution in [3.63, 3.8) is 0 Å². The third-order valence-electron chi connectivity index (χ3n) is 5.04. The van der Waals surface area contributed by atoms with E-state index in [1.165, 1.54) is 6.26 Å². The van der Waals surface area contributed by atoms with Crippen molar-refractivity contribution in [1.29, 1.82) is 0 Å². The van der Waals surface area contributed by atoms with E-state index in [0.29, 0.717) is 10.7 Å². The number of hydrogen-bond donors (Lipinski definition) is 1. The summed E-state index contributed by atoms with van der Waals surface area (Å²) in [6.07, 6.45) is 1.23. The van der Waals surface area contributed by atoms with Gasteiger partial charge in [-0.25, -0.2) is 18.4 Å². The van der Waals surface area contributed by atoms with E-state index in [9.17, 15) is 8.42 Å². The molecule has 0 amide bonds. The number of aryl methyl sites for hydroxylation is 3. The molecule has 30 heavy (non-hydrogen) atoms. The molecule has 5 nitrogen and oxygen atoms in total. The number of aromatic nitrogens is 2. The van der Waals surface area contributed by atoms with Gasteiger partial charge in [-0.1, -0.05) is 42.0 Å². The first-order chi connectivity index (χ1) is 14.2. The van der Waals surface area contributed by atoms with Gasteiger partial charge >= 0.3 is 0 Å². The van der Waals surface area contributed by atoms with Crippen LogP contribution >= 0.6 is 11.3 Å². The van der Waals surface area contributed by atoms with Crippen LogP contribution in [0.3, 0.4) is 0 Å². The lowest BCUT2D eigenvalue weighted by atomic mass is 9.97. The molecule has 2 aromatic heterocycles. The molecule has 7 heteroatoms. The molecule has 0 saturated heterocycles. The third-order valence-corrected chi connectivity index (χ3v) is 7.14. The zero-order chi connectivity index (χ0) is 21.5. The van der Waals surface area contributed by atoms with Crippen LogP contribution in [0.1, 0.15) is 34.1 Å². The molecular formula is C23H23N3O2S2. The van der Waals surface area contributed by atoms with E-state index < -0.39 is 9.84 Å². The third kappa shape index (κ3) is 4.08. The maximum absolute atomic E-state index is 12.1. The van der Waals surface area contributed by atoms with Crippen LogP contribution in [0.4, 0.5) is 5.82 Å². The second-order valence-electron chi connectivity index (χ2n) is 7.55. The average molecular weight is 438 g/mol. The molecule has 0 bridgehead atoms. The van der Waals surface area contributed by atoms with Gasteiger partial charge in [0.15, 0.2) is 9.84 Å². The SMILES string of the molecule is Cc1ccc(C(Nc2nc(C)nc3scc(C)c23)c2cccc(S(C)(=O)=O)c2)cc1. The average Bonchev–Trinajstić information content (AvgIpc) is 3.07. The number of nitrogens with one attached hydrogen (secondary N) is 1. The molecule has 2 heterocycles. The highest BCUT2D eigenvalue weighted by Gasteiger charge is 2.20. The lowest BCUT2D eigenvalue weighted by Crippen LogP contribution is -2.15. The smallest absolute Gasteiger partial charge is 0.175 e. The van der Waals surface area contributed by atoms with E-state index in [0.717, 1.165) is 38.3 Å². The molecule has 1 unspecified atom stereocenters. The quantitative estimate of drug-likeness (QED) is 0.463. The molecule has 0 saturated carbocycles. The molecule has 0 aliphatic carbocycles. The Morgan fingerprint density at radius 2 is 1.70 bits per heavy atom. The first-order valence-corrected chi connectivity index (χ1v) is 12.3. The standard InChI is InChI=1S/C23H23N3O2S2/c1-14-8-10-17(11-9-14)21(18-6-5-7-19(12-18)30(4,27)28)26-22-20-15(2)13-29-23(20)25-16(3)24-22/h5-13,21H,1-4H3,(H,24,25,26). The highest BCUT2D eigenvalue weighted by atomic mass is 32.2. The number of benzene rings is 2. The van der Waals surface area contributed by atoms with Crippen molar-refractivity contribution < 1.29 is 8.42 Å². The summed E-state index contributed by atoms with van der Waals surface area (Å²) in [6, 6.07) is 15.1. The molecule has 4 aromatic rings. The Bertz CT molecular complexity index is 1330. The molecular weight excluding hydrogens is 414 g/mol. The molecule has 0 aliphatic heterocycles. The van der Waals surface area contributed by atoms with Crippen LogP contribution < -0.4 is 5.32 Å². The van der Waals surface area contributed by atoms with Crippen molar-refractivity contribution in [3.05, 3.63) is 82.0 Å². The predicted octanol–water partition coefficient (Wildman–Crippen LogP) is 5.22. The molecule has 2 aromatic carbocycles. The fourth-order valence-corrected chi connectivity index (χ4v) is 5.12. The van der Waals surface area contributed by atoms with Gasteiger partial charge < -0.3 is 5.32 Å². The van der Waals surface area contributed by atoms with E-state index in [2.05, 4.69) is 44.9 Å². The van der Waals surface area contributed by atoms with Crippen LogP contribution in [0.5, 0.6) is 0 Å². The molecule has 0 aliphatic rings. The van der Waals surface area contributed by atoms with Crippen molar-refractivity contribution in [1.82, 2.24) is 9.97 Å². The molecule has 1 atom stereocenters. The van der Waals surface area contributed by atoms with Crippen molar-refractivity contribution in [2.75, 3.05) is 11.6 Å². The fraction of sp³-hybridized carbons (Fsp3) is 0.217. The summed E-state index contributed by atoms with van der Waals surface area (Å²) in [5.74, 6) is 1.45. The Kier molecular flexibility index (Phi) is 5.34. The van der Waals surface area contributed by atoms with Crippen LogP contribution in [-0.2, 0) is 9.84 Å². The molecule has 0 fully saturated rings. The minimum atomic E-state index is -3.31. The maximum atomic E-state index is 12.1. The second-order valence-corrected chi connectivity index (χ2v) is 10.4. The van der Waals surface area contributed by atoms with Gasteiger partial charge in [-0.3, -0.25) is 0 Å². The van der Waals surface area contributed by atoms with Crippen LogP contribution in [0.25, 0.3) is 10.2 Å². The van der Waals surface area contributed by atoms with Crippen LogP contribution in [0.15, 0.2) is 58.8 Å². The number of thiophene rings is 1. The zero-order valence-electron chi connectivity index (χ0n) is 17.3. The number of anilines is 1. The highest BCUT2D eigenvalue weighted by molar-refractivity contribution is 7.90. The number of hydrogen-bond acceptors (Lipinski definition) is 6. The molecule has 0 spiro atoms. The van der Waals surface area contributed by atoms with Crippen LogP contribution in [0, 0.1) is 20.8 Å². The topological polar surface area (TPSA) is 72.0 Å². The van der Waals surface area contributed by atoms with E-state index in [1.807, 2.05) is 26.8 Å². The van der Waals surface area contributed by atoms with Crippen molar-refractivity contribution in [3.8, 4) is 0 Å². The van der Waals surface area contributed by atoms with Gasteiger partial charge in [0.05, 0.1) is 16.3 Å². The van der Waals surface area contributed by atoms with Gasteiger partial charge in [-0.05, 0) is 55.0 Å². The van der Waals surface area contributed by atoms with Gasteiger partial charge in [-0.15, -0.1) is 11.3 Å². The summed E-state index contributed by atoms with van der Waals surface area (Å²) in [7, 11) is -3.31. The summed E-state index contributed by atoms with van der Waals surface area (Å²) in [6.45, 7) is 5.97. The lowest BCUT2D eigenvalue weighted by molar-refractivity contribution is 0.601. The van der Waals surface area contributed by atoms with Crippen LogP contribution in [0.2, 0.25) is 0 Å². The van der Waals surface area contributed by atoms with Gasteiger partial charge in [0.1, 0.15) is 16.5 Å². The predicted molar refractivity (Wildman–Crippen MR) is 123 cm³/mol. The van der Waals surface area contributed by atoms with Gasteiger partial charge in [0, 0.05) is 6.26 Å². The second kappa shape index (κ2) is 7.81. The number of fused-ring (bicyclic) bond motifs is 1. The van der Waals surface area contributed by atoms with E-state index >= 15 is 0 Å².